The molecular formula is C20H17ClN6O. The van der Waals surface area contributed by atoms with Crippen LogP contribution in [0, 0.1) is 6.92 Å². The number of fused-ring (bicyclic) bond motifs is 1. The van der Waals surface area contributed by atoms with E-state index in [1.807, 2.05) is 61.5 Å². The van der Waals surface area contributed by atoms with Gasteiger partial charge in [-0.05, 0) is 31.2 Å². The van der Waals surface area contributed by atoms with Crippen molar-refractivity contribution in [2.24, 2.45) is 5.10 Å². The van der Waals surface area contributed by atoms with Crippen LogP contribution in [0.2, 0.25) is 5.15 Å². The lowest BCUT2D eigenvalue weighted by Crippen LogP contribution is -2.22. The number of para-hydroxylation sites is 3. The van der Waals surface area contributed by atoms with Crippen molar-refractivity contribution in [3.05, 3.63) is 77.3 Å². The molecule has 140 valence electrons. The minimum absolute atomic E-state index is 0.119. The van der Waals surface area contributed by atoms with Gasteiger partial charge < -0.3 is 4.57 Å². The number of carbonyl (C=O) groups excluding carboxylic acids is 1. The molecule has 4 aromatic rings. The average molecular weight is 393 g/mol. The van der Waals surface area contributed by atoms with Gasteiger partial charge in [-0.3, -0.25) is 4.79 Å². The van der Waals surface area contributed by atoms with Crippen LogP contribution in [0.25, 0.3) is 16.7 Å². The third-order valence-corrected chi connectivity index (χ3v) is 4.64. The molecule has 0 aliphatic heterocycles. The fourth-order valence-electron chi connectivity index (χ4n) is 2.89. The summed E-state index contributed by atoms with van der Waals surface area (Å²) in [6.07, 6.45) is 3.15. The molecule has 7 nitrogen and oxygen atoms in total. The van der Waals surface area contributed by atoms with Gasteiger partial charge in [0.05, 0.1) is 40.5 Å². The van der Waals surface area contributed by atoms with Crippen molar-refractivity contribution in [1.29, 1.82) is 0 Å². The summed E-state index contributed by atoms with van der Waals surface area (Å²) in [4.78, 5) is 16.5. The Hall–Kier alpha value is -3.45. The number of nitrogens with one attached hydrogen (secondary N) is 1. The summed E-state index contributed by atoms with van der Waals surface area (Å²) >= 11 is 6.44. The van der Waals surface area contributed by atoms with Crippen LogP contribution >= 0.6 is 11.6 Å². The van der Waals surface area contributed by atoms with E-state index in [9.17, 15) is 4.79 Å². The van der Waals surface area contributed by atoms with E-state index in [0.29, 0.717) is 16.4 Å². The average Bonchev–Trinajstić information content (AvgIpc) is 3.24. The van der Waals surface area contributed by atoms with E-state index in [4.69, 9.17) is 11.6 Å². The van der Waals surface area contributed by atoms with E-state index < -0.39 is 0 Å². The van der Waals surface area contributed by atoms with Crippen LogP contribution in [-0.2, 0) is 11.3 Å². The van der Waals surface area contributed by atoms with Crippen molar-refractivity contribution < 1.29 is 4.79 Å². The van der Waals surface area contributed by atoms with Crippen molar-refractivity contribution >= 4 is 34.8 Å². The summed E-state index contributed by atoms with van der Waals surface area (Å²) in [6, 6.07) is 17.2. The van der Waals surface area contributed by atoms with Crippen molar-refractivity contribution in [2.75, 3.05) is 0 Å². The molecule has 0 spiro atoms. The van der Waals surface area contributed by atoms with E-state index in [2.05, 4.69) is 20.6 Å². The largest absolute Gasteiger partial charge is 0.321 e. The molecule has 4 rings (SSSR count). The topological polar surface area (TPSA) is 77.1 Å². The summed E-state index contributed by atoms with van der Waals surface area (Å²) in [6.45, 7) is 1.96. The third-order valence-electron chi connectivity index (χ3n) is 4.27. The smallest absolute Gasteiger partial charge is 0.260 e. The maximum absolute atomic E-state index is 12.2. The highest BCUT2D eigenvalue weighted by Gasteiger charge is 2.13. The second-order valence-electron chi connectivity index (χ2n) is 6.19. The van der Waals surface area contributed by atoms with Gasteiger partial charge in [0, 0.05) is 0 Å². The van der Waals surface area contributed by atoms with Gasteiger partial charge in [-0.15, -0.1) is 0 Å². The number of hydrazone groups is 1. The second kappa shape index (κ2) is 7.66. The fraction of sp³-hybridized carbons (Fsp3) is 0.100. The lowest BCUT2D eigenvalue weighted by Gasteiger charge is -2.03. The molecule has 0 aliphatic rings. The summed E-state index contributed by atoms with van der Waals surface area (Å²) in [7, 11) is 0. The molecule has 2 heterocycles. The third kappa shape index (κ3) is 3.52. The van der Waals surface area contributed by atoms with E-state index in [0.717, 1.165) is 16.7 Å². The number of rotatable bonds is 5. The zero-order valence-corrected chi connectivity index (χ0v) is 15.8. The van der Waals surface area contributed by atoms with E-state index >= 15 is 0 Å². The van der Waals surface area contributed by atoms with Gasteiger partial charge in [-0.2, -0.15) is 10.2 Å². The molecule has 0 saturated heterocycles. The van der Waals surface area contributed by atoms with Crippen LogP contribution < -0.4 is 5.43 Å². The highest BCUT2D eigenvalue weighted by molar-refractivity contribution is 6.32. The number of halogens is 1. The van der Waals surface area contributed by atoms with Gasteiger partial charge in [0.1, 0.15) is 11.7 Å². The first kappa shape index (κ1) is 17.9. The minimum Gasteiger partial charge on any atom is -0.321 e. The Bertz CT molecular complexity index is 1160. The number of imidazole rings is 1. The van der Waals surface area contributed by atoms with Crippen LogP contribution in [0.5, 0.6) is 0 Å². The number of aryl methyl sites for hydroxylation is 1. The molecule has 0 fully saturated rings. The first-order chi connectivity index (χ1) is 13.6. The van der Waals surface area contributed by atoms with Gasteiger partial charge in [-0.1, -0.05) is 41.9 Å². The standard InChI is InChI=1S/C20H17ClN6O/c1-14-16(20(21)27(25-14)15-7-3-2-4-8-15)11-23-24-19(28)12-26-13-22-17-9-5-6-10-18(17)26/h2-11,13H,12H2,1H3,(H,24,28)/b23-11+. The number of carbonyl (C=O) groups is 1. The monoisotopic (exact) mass is 392 g/mol. The van der Waals surface area contributed by atoms with Crippen LogP contribution in [0.3, 0.4) is 0 Å². The predicted octanol–water partition coefficient (Wildman–Crippen LogP) is 3.33. The Balaban J connectivity index is 1.46. The molecular weight excluding hydrogens is 376 g/mol. The van der Waals surface area contributed by atoms with Gasteiger partial charge >= 0.3 is 0 Å². The fourth-order valence-corrected chi connectivity index (χ4v) is 3.21. The summed E-state index contributed by atoms with van der Waals surface area (Å²) in [5, 5.41) is 8.91. The van der Waals surface area contributed by atoms with Gasteiger partial charge in [0.15, 0.2) is 0 Å². The zero-order chi connectivity index (χ0) is 19.5. The quantitative estimate of drug-likeness (QED) is 0.418. The molecule has 28 heavy (non-hydrogen) atoms. The SMILES string of the molecule is Cc1nn(-c2ccccc2)c(Cl)c1/C=N/NC(=O)Cn1cnc2ccccc21. The molecule has 1 N–H and O–H groups in total. The van der Waals surface area contributed by atoms with Crippen LogP contribution in [-0.4, -0.2) is 31.5 Å². The molecule has 0 atom stereocenters. The van der Waals surface area contributed by atoms with Crippen LogP contribution in [0.1, 0.15) is 11.3 Å². The number of aromatic nitrogens is 4. The molecule has 0 radical (unpaired) electrons. The van der Waals surface area contributed by atoms with Crippen molar-refractivity contribution in [3.63, 3.8) is 0 Å². The van der Waals surface area contributed by atoms with Crippen molar-refractivity contribution in [1.82, 2.24) is 24.8 Å². The van der Waals surface area contributed by atoms with E-state index in [1.165, 1.54) is 6.21 Å². The highest BCUT2D eigenvalue weighted by atomic mass is 35.5. The lowest BCUT2D eigenvalue weighted by molar-refractivity contribution is -0.121. The predicted molar refractivity (Wildman–Crippen MR) is 109 cm³/mol. The maximum Gasteiger partial charge on any atom is 0.260 e. The molecule has 0 unspecified atom stereocenters. The Morgan fingerprint density at radius 1 is 1.18 bits per heavy atom. The summed E-state index contributed by atoms with van der Waals surface area (Å²) < 4.78 is 3.41. The van der Waals surface area contributed by atoms with Crippen LogP contribution in [0.4, 0.5) is 0 Å². The highest BCUT2D eigenvalue weighted by Crippen LogP contribution is 2.21. The number of nitrogens with zero attached hydrogens (tertiary/aromatic N) is 5. The number of hydrogen-bond acceptors (Lipinski definition) is 4. The molecule has 0 saturated carbocycles. The molecule has 1 amide bonds. The Morgan fingerprint density at radius 2 is 1.93 bits per heavy atom. The normalized spacial score (nSPS) is 11.4. The van der Waals surface area contributed by atoms with Gasteiger partial charge in [-0.25, -0.2) is 15.1 Å². The Labute approximate surface area is 166 Å². The minimum atomic E-state index is -0.261. The molecule has 0 bridgehead atoms. The Kier molecular flexibility index (Phi) is 4.90. The maximum atomic E-state index is 12.2. The first-order valence-electron chi connectivity index (χ1n) is 8.66. The zero-order valence-electron chi connectivity index (χ0n) is 15.1. The number of hydrogen-bond donors (Lipinski definition) is 1. The molecule has 8 heteroatoms. The number of benzene rings is 2. The van der Waals surface area contributed by atoms with E-state index in [-0.39, 0.29) is 12.5 Å². The Morgan fingerprint density at radius 3 is 2.75 bits per heavy atom. The molecule has 0 aliphatic carbocycles. The summed E-state index contributed by atoms with van der Waals surface area (Å²) in [5.41, 5.74) is 6.48. The van der Waals surface area contributed by atoms with Gasteiger partial charge in [0.2, 0.25) is 0 Å². The van der Waals surface area contributed by atoms with Crippen molar-refractivity contribution in [2.45, 2.75) is 13.5 Å². The molecule has 2 aromatic carbocycles. The second-order valence-corrected chi connectivity index (χ2v) is 6.55. The molecule has 2 aromatic heterocycles. The van der Waals surface area contributed by atoms with Gasteiger partial charge in [0.25, 0.3) is 5.91 Å². The summed E-state index contributed by atoms with van der Waals surface area (Å²) in [5.74, 6) is -0.261. The first-order valence-corrected chi connectivity index (χ1v) is 9.03. The lowest BCUT2D eigenvalue weighted by atomic mass is 10.3. The van der Waals surface area contributed by atoms with Crippen molar-refractivity contribution in [3.8, 4) is 5.69 Å². The number of amides is 1. The van der Waals surface area contributed by atoms with E-state index in [1.54, 1.807) is 15.6 Å². The van der Waals surface area contributed by atoms with Crippen LogP contribution in [0.15, 0.2) is 66.0 Å².